The van der Waals surface area contributed by atoms with Gasteiger partial charge in [0.1, 0.15) is 9.84 Å². The molecule has 0 radical (unpaired) electrons. The van der Waals surface area contributed by atoms with Gasteiger partial charge in [-0.2, -0.15) is 0 Å². The molecule has 0 bridgehead atoms. The van der Waals surface area contributed by atoms with Gasteiger partial charge in [-0.05, 0) is 30.9 Å². The normalized spacial score (nSPS) is 21.4. The minimum atomic E-state index is -2.88. The maximum Gasteiger partial charge on any atom is 0.224 e. The Morgan fingerprint density at radius 1 is 1.17 bits per heavy atom. The first-order chi connectivity index (χ1) is 11.5. The number of anilines is 2. The van der Waals surface area contributed by atoms with Gasteiger partial charge in [0.05, 0.1) is 36.1 Å². The summed E-state index contributed by atoms with van der Waals surface area (Å²) in [5.41, 5.74) is 1.83. The van der Waals surface area contributed by atoms with Gasteiger partial charge in [0.15, 0.2) is 0 Å². The minimum Gasteiger partial charge on any atom is -0.378 e. The molecule has 2 heterocycles. The molecule has 1 amide bonds. The fraction of sp³-hybridized carbons (Fsp3) is 0.588. The zero-order chi connectivity index (χ0) is 17.0. The van der Waals surface area contributed by atoms with Crippen LogP contribution in [0.1, 0.15) is 19.3 Å². The average molecular weight is 352 g/mol. The lowest BCUT2D eigenvalue weighted by atomic mass is 9.98. The lowest BCUT2D eigenvalue weighted by Crippen LogP contribution is -2.36. The van der Waals surface area contributed by atoms with Crippen LogP contribution in [0, 0.1) is 5.92 Å². The number of morpholine rings is 1. The summed E-state index contributed by atoms with van der Waals surface area (Å²) in [5.74, 6) is 0.522. The van der Waals surface area contributed by atoms with Crippen molar-refractivity contribution in [3.8, 4) is 0 Å². The fourth-order valence-corrected chi connectivity index (χ4v) is 4.85. The van der Waals surface area contributed by atoms with Crippen LogP contribution in [-0.2, 0) is 19.4 Å². The molecular weight excluding hydrogens is 328 g/mol. The van der Waals surface area contributed by atoms with Crippen molar-refractivity contribution < 1.29 is 17.9 Å². The number of amides is 1. The molecule has 0 aliphatic carbocycles. The molecule has 6 nitrogen and oxygen atoms in total. The number of para-hydroxylation sites is 2. The third-order valence-corrected chi connectivity index (χ3v) is 6.39. The second-order valence-corrected chi connectivity index (χ2v) is 8.77. The van der Waals surface area contributed by atoms with E-state index in [1.54, 1.807) is 0 Å². The van der Waals surface area contributed by atoms with E-state index >= 15 is 0 Å². The van der Waals surface area contributed by atoms with Crippen molar-refractivity contribution in [1.82, 2.24) is 0 Å². The van der Waals surface area contributed by atoms with Crippen molar-refractivity contribution in [1.29, 1.82) is 0 Å². The number of carbonyl (C=O) groups excluding carboxylic acids is 1. The summed E-state index contributed by atoms with van der Waals surface area (Å²) in [6, 6.07) is 7.79. The zero-order valence-electron chi connectivity index (χ0n) is 13.7. The maximum absolute atomic E-state index is 12.4. The smallest absolute Gasteiger partial charge is 0.224 e. The first-order valence-corrected chi connectivity index (χ1v) is 10.3. The molecule has 0 saturated carbocycles. The van der Waals surface area contributed by atoms with Crippen molar-refractivity contribution in [2.24, 2.45) is 5.92 Å². The number of nitrogens with zero attached hydrogens (tertiary/aromatic N) is 1. The molecule has 2 aliphatic heterocycles. The summed E-state index contributed by atoms with van der Waals surface area (Å²) in [4.78, 5) is 14.6. The Morgan fingerprint density at radius 3 is 2.54 bits per heavy atom. The van der Waals surface area contributed by atoms with E-state index < -0.39 is 9.84 Å². The minimum absolute atomic E-state index is 0.0417. The molecule has 2 fully saturated rings. The first-order valence-electron chi connectivity index (χ1n) is 8.45. The number of rotatable bonds is 4. The van der Waals surface area contributed by atoms with Crippen LogP contribution in [0.15, 0.2) is 24.3 Å². The molecule has 1 N–H and O–H groups in total. The maximum atomic E-state index is 12.4. The van der Waals surface area contributed by atoms with Crippen LogP contribution in [-0.4, -0.2) is 52.1 Å². The van der Waals surface area contributed by atoms with Crippen LogP contribution in [0.3, 0.4) is 0 Å². The SMILES string of the molecule is O=C(CC1CCS(=O)(=O)CC1)Nc1ccccc1N1CCOCC1. The van der Waals surface area contributed by atoms with Crippen LogP contribution in [0.4, 0.5) is 11.4 Å². The molecule has 0 unspecified atom stereocenters. The number of carbonyl (C=O) groups is 1. The molecule has 1 aromatic rings. The fourth-order valence-electron chi connectivity index (χ4n) is 3.27. The van der Waals surface area contributed by atoms with E-state index in [1.807, 2.05) is 24.3 Å². The van der Waals surface area contributed by atoms with Crippen LogP contribution in [0.5, 0.6) is 0 Å². The predicted molar refractivity (Wildman–Crippen MR) is 94.1 cm³/mol. The van der Waals surface area contributed by atoms with E-state index in [9.17, 15) is 13.2 Å². The lowest BCUT2D eigenvalue weighted by molar-refractivity contribution is -0.117. The van der Waals surface area contributed by atoms with E-state index in [0.717, 1.165) is 24.5 Å². The van der Waals surface area contributed by atoms with Crippen molar-refractivity contribution in [3.05, 3.63) is 24.3 Å². The Hall–Kier alpha value is -1.60. The molecule has 7 heteroatoms. The molecule has 24 heavy (non-hydrogen) atoms. The Labute approximate surface area is 143 Å². The van der Waals surface area contributed by atoms with Crippen molar-refractivity contribution in [3.63, 3.8) is 0 Å². The van der Waals surface area contributed by atoms with Crippen molar-refractivity contribution in [2.45, 2.75) is 19.3 Å². The highest BCUT2D eigenvalue weighted by Gasteiger charge is 2.25. The summed E-state index contributed by atoms with van der Waals surface area (Å²) in [5, 5.41) is 3.00. The Kier molecular flexibility index (Phi) is 5.40. The second kappa shape index (κ2) is 7.53. The van der Waals surface area contributed by atoms with Gasteiger partial charge >= 0.3 is 0 Å². The van der Waals surface area contributed by atoms with Crippen molar-refractivity contribution in [2.75, 3.05) is 48.0 Å². The van der Waals surface area contributed by atoms with E-state index in [2.05, 4.69) is 10.2 Å². The number of benzene rings is 1. The second-order valence-electron chi connectivity index (χ2n) is 6.46. The Bertz CT molecular complexity index is 670. The number of hydrogen-bond donors (Lipinski definition) is 1. The molecule has 2 aliphatic rings. The summed E-state index contributed by atoms with van der Waals surface area (Å²) >= 11 is 0. The highest BCUT2D eigenvalue weighted by molar-refractivity contribution is 7.91. The third kappa shape index (κ3) is 4.48. The summed E-state index contributed by atoms with van der Waals surface area (Å²) in [6.07, 6.45) is 1.55. The van der Waals surface area contributed by atoms with Gasteiger partial charge in [-0.1, -0.05) is 12.1 Å². The lowest BCUT2D eigenvalue weighted by Gasteiger charge is -2.30. The number of nitrogens with one attached hydrogen (secondary N) is 1. The van der Waals surface area contributed by atoms with Crippen molar-refractivity contribution >= 4 is 27.1 Å². The summed E-state index contributed by atoms with van der Waals surface area (Å²) < 4.78 is 28.3. The summed E-state index contributed by atoms with van der Waals surface area (Å²) in [7, 11) is -2.88. The molecule has 1 aromatic carbocycles. The van der Waals surface area contributed by atoms with Gasteiger partial charge in [-0.15, -0.1) is 0 Å². The van der Waals surface area contributed by atoms with E-state index in [0.29, 0.717) is 32.5 Å². The highest BCUT2D eigenvalue weighted by atomic mass is 32.2. The third-order valence-electron chi connectivity index (χ3n) is 4.68. The largest absolute Gasteiger partial charge is 0.378 e. The van der Waals surface area contributed by atoms with E-state index in [1.165, 1.54) is 0 Å². The van der Waals surface area contributed by atoms with Gasteiger partial charge in [0, 0.05) is 19.5 Å². The van der Waals surface area contributed by atoms with E-state index in [-0.39, 0.29) is 23.3 Å². The van der Waals surface area contributed by atoms with Crippen LogP contribution >= 0.6 is 0 Å². The van der Waals surface area contributed by atoms with Crippen LogP contribution < -0.4 is 10.2 Å². The van der Waals surface area contributed by atoms with Gasteiger partial charge in [0.25, 0.3) is 0 Å². The monoisotopic (exact) mass is 352 g/mol. The van der Waals surface area contributed by atoms with Gasteiger partial charge < -0.3 is 15.0 Å². The average Bonchev–Trinajstić information content (AvgIpc) is 2.58. The molecule has 3 rings (SSSR count). The Morgan fingerprint density at radius 2 is 1.83 bits per heavy atom. The molecule has 2 saturated heterocycles. The standard InChI is InChI=1S/C17H24N2O4S/c20-17(13-14-5-11-24(21,22)12-6-14)18-15-3-1-2-4-16(15)19-7-9-23-10-8-19/h1-4,14H,5-13H2,(H,18,20). The number of hydrogen-bond acceptors (Lipinski definition) is 5. The quantitative estimate of drug-likeness (QED) is 0.892. The molecule has 0 aromatic heterocycles. The van der Waals surface area contributed by atoms with Crippen LogP contribution in [0.25, 0.3) is 0 Å². The van der Waals surface area contributed by atoms with E-state index in [4.69, 9.17) is 4.74 Å². The summed E-state index contributed by atoms with van der Waals surface area (Å²) in [6.45, 7) is 3.01. The zero-order valence-corrected chi connectivity index (χ0v) is 14.6. The topological polar surface area (TPSA) is 75.7 Å². The van der Waals surface area contributed by atoms with Crippen LogP contribution in [0.2, 0.25) is 0 Å². The predicted octanol–water partition coefficient (Wildman–Crippen LogP) is 1.68. The highest BCUT2D eigenvalue weighted by Crippen LogP contribution is 2.28. The number of sulfone groups is 1. The Balaban J connectivity index is 1.60. The molecular formula is C17H24N2O4S. The van der Waals surface area contributed by atoms with Gasteiger partial charge in [-0.3, -0.25) is 4.79 Å². The molecule has 0 spiro atoms. The molecule has 132 valence electrons. The number of ether oxygens (including phenoxy) is 1. The first kappa shape index (κ1) is 17.2. The molecule has 0 atom stereocenters. The van der Waals surface area contributed by atoms with Gasteiger partial charge in [-0.25, -0.2) is 8.42 Å². The van der Waals surface area contributed by atoms with Gasteiger partial charge in [0.2, 0.25) is 5.91 Å².